The summed E-state index contributed by atoms with van der Waals surface area (Å²) in [5.74, 6) is 0.843. The molecule has 112 valence electrons. The van der Waals surface area contributed by atoms with E-state index >= 15 is 0 Å². The Kier molecular flexibility index (Phi) is 4.87. The number of nitrogens with zero attached hydrogens (tertiary/aromatic N) is 1. The van der Waals surface area contributed by atoms with E-state index in [1.807, 2.05) is 12.4 Å². The van der Waals surface area contributed by atoms with Gasteiger partial charge in [-0.15, -0.1) is 0 Å². The van der Waals surface area contributed by atoms with Crippen molar-refractivity contribution in [1.82, 2.24) is 10.3 Å². The molecule has 2 aromatic rings. The van der Waals surface area contributed by atoms with Gasteiger partial charge in [-0.2, -0.15) is 0 Å². The Bertz CT molecular complexity index is 565. The van der Waals surface area contributed by atoms with Gasteiger partial charge in [-0.1, -0.05) is 49.9 Å². The van der Waals surface area contributed by atoms with Crippen LogP contribution in [0, 0.1) is 5.92 Å². The highest BCUT2D eigenvalue weighted by Gasteiger charge is 2.18. The van der Waals surface area contributed by atoms with Crippen LogP contribution >= 0.6 is 0 Å². The molecule has 1 aliphatic carbocycles. The molecule has 1 aromatic heterocycles. The van der Waals surface area contributed by atoms with Gasteiger partial charge in [0.15, 0.2) is 0 Å². The van der Waals surface area contributed by atoms with Crippen LogP contribution in [-0.2, 0) is 6.54 Å². The number of rotatable bonds is 4. The van der Waals surface area contributed by atoms with E-state index < -0.39 is 0 Å². The summed E-state index contributed by atoms with van der Waals surface area (Å²) < 4.78 is 0. The van der Waals surface area contributed by atoms with Gasteiger partial charge in [0.05, 0.1) is 0 Å². The highest BCUT2D eigenvalue weighted by molar-refractivity contribution is 5.84. The lowest BCUT2D eigenvalue weighted by Gasteiger charge is -2.24. The van der Waals surface area contributed by atoms with Gasteiger partial charge in [0.2, 0.25) is 0 Å². The molecule has 2 heteroatoms. The van der Waals surface area contributed by atoms with Crippen molar-refractivity contribution in [3.8, 4) is 0 Å². The lowest BCUT2D eigenvalue weighted by Crippen LogP contribution is -2.33. The van der Waals surface area contributed by atoms with Crippen molar-refractivity contribution >= 4 is 10.8 Å². The zero-order valence-corrected chi connectivity index (χ0v) is 13.0. The number of nitrogens with one attached hydrogen (secondary N) is 1. The molecule has 2 nitrogen and oxygen atoms in total. The fourth-order valence-electron chi connectivity index (χ4n) is 3.57. The van der Waals surface area contributed by atoms with E-state index in [1.54, 1.807) is 0 Å². The number of hydrogen-bond donors (Lipinski definition) is 1. The number of pyridine rings is 1. The normalized spacial score (nSPS) is 18.5. The van der Waals surface area contributed by atoms with Gasteiger partial charge in [0, 0.05) is 30.4 Å². The van der Waals surface area contributed by atoms with Gasteiger partial charge < -0.3 is 5.32 Å². The van der Waals surface area contributed by atoms with Crippen molar-refractivity contribution < 1.29 is 0 Å². The van der Waals surface area contributed by atoms with Gasteiger partial charge >= 0.3 is 0 Å². The van der Waals surface area contributed by atoms with Crippen molar-refractivity contribution in [1.29, 1.82) is 0 Å². The molecule has 1 aromatic carbocycles. The number of benzene rings is 1. The second-order valence-corrected chi connectivity index (χ2v) is 6.44. The van der Waals surface area contributed by atoms with E-state index in [0.29, 0.717) is 6.04 Å². The van der Waals surface area contributed by atoms with Gasteiger partial charge in [0.25, 0.3) is 0 Å². The van der Waals surface area contributed by atoms with Crippen LogP contribution in [-0.4, -0.2) is 11.0 Å². The molecule has 1 aliphatic rings. The molecule has 1 fully saturated rings. The third-order valence-electron chi connectivity index (χ3n) is 4.97. The molecule has 0 spiro atoms. The maximum absolute atomic E-state index is 4.38. The predicted molar refractivity (Wildman–Crippen MR) is 89.2 cm³/mol. The van der Waals surface area contributed by atoms with Crippen LogP contribution in [0.25, 0.3) is 10.8 Å². The van der Waals surface area contributed by atoms with Crippen LogP contribution < -0.4 is 5.32 Å². The third kappa shape index (κ3) is 3.62. The third-order valence-corrected chi connectivity index (χ3v) is 4.97. The summed E-state index contributed by atoms with van der Waals surface area (Å²) in [4.78, 5) is 4.38. The molecule has 3 rings (SSSR count). The number of hydrogen-bond acceptors (Lipinski definition) is 2. The summed E-state index contributed by atoms with van der Waals surface area (Å²) in [5, 5.41) is 6.31. The average Bonchev–Trinajstić information content (AvgIpc) is 2.82. The number of aromatic nitrogens is 1. The molecule has 0 bridgehead atoms. The van der Waals surface area contributed by atoms with Crippen molar-refractivity contribution in [2.24, 2.45) is 5.92 Å². The standard InChI is InChI=1S/C19H26N2/c1-15(16-8-4-2-3-5-9-16)21-14-18-13-20-12-17-10-6-7-11-19(17)18/h6-7,10-13,15-16,21H,2-5,8-9,14H2,1H3/t15-/m0/s1. The highest BCUT2D eigenvalue weighted by atomic mass is 14.9. The second kappa shape index (κ2) is 7.04. The minimum Gasteiger partial charge on any atom is -0.310 e. The predicted octanol–water partition coefficient (Wildman–Crippen LogP) is 4.68. The average molecular weight is 282 g/mol. The van der Waals surface area contributed by atoms with Crippen molar-refractivity contribution in [2.45, 2.75) is 58.0 Å². The van der Waals surface area contributed by atoms with E-state index in [4.69, 9.17) is 0 Å². The van der Waals surface area contributed by atoms with Crippen molar-refractivity contribution in [3.63, 3.8) is 0 Å². The van der Waals surface area contributed by atoms with E-state index in [1.165, 1.54) is 54.9 Å². The van der Waals surface area contributed by atoms with E-state index in [0.717, 1.165) is 12.5 Å². The Labute approximate surface area is 128 Å². The molecule has 21 heavy (non-hydrogen) atoms. The summed E-state index contributed by atoms with van der Waals surface area (Å²) >= 11 is 0. The molecule has 0 aliphatic heterocycles. The minimum atomic E-state index is 0.599. The molecule has 1 atom stereocenters. The zero-order valence-electron chi connectivity index (χ0n) is 13.0. The summed E-state index contributed by atoms with van der Waals surface area (Å²) in [7, 11) is 0. The highest BCUT2D eigenvalue weighted by Crippen LogP contribution is 2.26. The van der Waals surface area contributed by atoms with E-state index in [2.05, 4.69) is 41.5 Å². The Hall–Kier alpha value is -1.41. The lowest BCUT2D eigenvalue weighted by atomic mass is 9.93. The maximum atomic E-state index is 4.38. The lowest BCUT2D eigenvalue weighted by molar-refractivity contribution is 0.337. The van der Waals surface area contributed by atoms with Crippen LogP contribution in [0.15, 0.2) is 36.7 Å². The second-order valence-electron chi connectivity index (χ2n) is 6.44. The fourth-order valence-corrected chi connectivity index (χ4v) is 3.57. The molecule has 0 saturated heterocycles. The van der Waals surface area contributed by atoms with Gasteiger partial charge in [-0.3, -0.25) is 4.98 Å². The summed E-state index contributed by atoms with van der Waals surface area (Å²) in [6, 6.07) is 9.13. The first-order valence-electron chi connectivity index (χ1n) is 8.39. The van der Waals surface area contributed by atoms with Crippen LogP contribution in [0.3, 0.4) is 0 Å². The van der Waals surface area contributed by atoms with E-state index in [-0.39, 0.29) is 0 Å². The summed E-state index contributed by atoms with van der Waals surface area (Å²) in [6.45, 7) is 3.28. The van der Waals surface area contributed by atoms with Crippen LogP contribution in [0.4, 0.5) is 0 Å². The summed E-state index contributed by atoms with van der Waals surface area (Å²) in [6.07, 6.45) is 12.4. The Morgan fingerprint density at radius 2 is 1.86 bits per heavy atom. The number of fused-ring (bicyclic) bond motifs is 1. The Balaban J connectivity index is 1.65. The Morgan fingerprint density at radius 1 is 1.10 bits per heavy atom. The zero-order chi connectivity index (χ0) is 14.5. The first-order chi connectivity index (χ1) is 10.3. The molecule has 1 N–H and O–H groups in total. The Morgan fingerprint density at radius 3 is 2.67 bits per heavy atom. The first kappa shape index (κ1) is 14.5. The molecule has 0 unspecified atom stereocenters. The maximum Gasteiger partial charge on any atom is 0.0346 e. The van der Waals surface area contributed by atoms with Gasteiger partial charge in [0.1, 0.15) is 0 Å². The first-order valence-corrected chi connectivity index (χ1v) is 8.39. The monoisotopic (exact) mass is 282 g/mol. The smallest absolute Gasteiger partial charge is 0.0346 e. The van der Waals surface area contributed by atoms with Crippen molar-refractivity contribution in [2.75, 3.05) is 0 Å². The molecular weight excluding hydrogens is 256 g/mol. The SMILES string of the molecule is C[C@H](NCc1cncc2ccccc12)C1CCCCCC1. The van der Waals surface area contributed by atoms with E-state index in [9.17, 15) is 0 Å². The molecule has 1 heterocycles. The van der Waals surface area contributed by atoms with Gasteiger partial charge in [-0.05, 0) is 36.6 Å². The van der Waals surface area contributed by atoms with Crippen LogP contribution in [0.5, 0.6) is 0 Å². The molecule has 1 saturated carbocycles. The van der Waals surface area contributed by atoms with Gasteiger partial charge in [-0.25, -0.2) is 0 Å². The summed E-state index contributed by atoms with van der Waals surface area (Å²) in [5.41, 5.74) is 1.31. The molecule has 0 amide bonds. The minimum absolute atomic E-state index is 0.599. The fraction of sp³-hybridized carbons (Fsp3) is 0.526. The largest absolute Gasteiger partial charge is 0.310 e. The topological polar surface area (TPSA) is 24.9 Å². The van der Waals surface area contributed by atoms with Crippen molar-refractivity contribution in [3.05, 3.63) is 42.2 Å². The quantitative estimate of drug-likeness (QED) is 0.823. The van der Waals surface area contributed by atoms with Crippen LogP contribution in [0.1, 0.15) is 51.0 Å². The molecule has 0 radical (unpaired) electrons. The molecular formula is C19H26N2. The van der Waals surface area contributed by atoms with Crippen LogP contribution in [0.2, 0.25) is 0 Å².